The van der Waals surface area contributed by atoms with Crippen LogP contribution in [0.2, 0.25) is 0 Å². The van der Waals surface area contributed by atoms with Crippen molar-refractivity contribution in [3.8, 4) is 0 Å². The maximum atomic E-state index is 14.2. The van der Waals surface area contributed by atoms with Gasteiger partial charge >= 0.3 is 0 Å². The van der Waals surface area contributed by atoms with Gasteiger partial charge in [-0.1, -0.05) is 29.5 Å². The summed E-state index contributed by atoms with van der Waals surface area (Å²) in [6.45, 7) is 0.591. The third kappa shape index (κ3) is 3.39. The summed E-state index contributed by atoms with van der Waals surface area (Å²) in [5.41, 5.74) is -0.116. The zero-order valence-electron chi connectivity index (χ0n) is 13.7. The number of thiazole rings is 1. The Morgan fingerprint density at radius 3 is 2.81 bits per heavy atom. The molecular weight excluding hydrogens is 361 g/mol. The SMILES string of the molecule is COCCn1c(=NC(=O)c2ccccc2[N+](=O)[O-])sc2cccc(F)c21. The maximum Gasteiger partial charge on any atom is 0.286 e. The average Bonchev–Trinajstić information content (AvgIpc) is 2.98. The van der Waals surface area contributed by atoms with Gasteiger partial charge in [-0.25, -0.2) is 4.39 Å². The van der Waals surface area contributed by atoms with E-state index in [9.17, 15) is 19.3 Å². The lowest BCUT2D eigenvalue weighted by molar-refractivity contribution is -0.385. The van der Waals surface area contributed by atoms with Gasteiger partial charge in [0, 0.05) is 19.7 Å². The van der Waals surface area contributed by atoms with Crippen molar-refractivity contribution < 1.29 is 18.8 Å². The standard InChI is InChI=1S/C17H14FN3O4S/c1-25-10-9-20-15-12(18)6-4-8-14(15)26-17(20)19-16(22)11-5-2-3-7-13(11)21(23)24/h2-8H,9-10H2,1H3. The molecular formula is C17H14FN3O4S. The Morgan fingerprint density at radius 2 is 2.08 bits per heavy atom. The molecule has 0 N–H and O–H groups in total. The molecule has 0 saturated heterocycles. The van der Waals surface area contributed by atoms with Crippen LogP contribution in [0.4, 0.5) is 10.1 Å². The molecule has 0 saturated carbocycles. The van der Waals surface area contributed by atoms with Crippen molar-refractivity contribution in [2.45, 2.75) is 6.54 Å². The molecule has 3 rings (SSSR count). The molecule has 1 amide bonds. The first kappa shape index (κ1) is 17.9. The van der Waals surface area contributed by atoms with Crippen molar-refractivity contribution in [3.05, 3.63) is 68.8 Å². The lowest BCUT2D eigenvalue weighted by Crippen LogP contribution is -2.20. The summed E-state index contributed by atoms with van der Waals surface area (Å²) in [5.74, 6) is -1.19. The zero-order valence-corrected chi connectivity index (χ0v) is 14.5. The van der Waals surface area contributed by atoms with E-state index in [1.165, 1.54) is 37.4 Å². The van der Waals surface area contributed by atoms with Gasteiger partial charge in [-0.2, -0.15) is 4.99 Å². The number of hydrogen-bond acceptors (Lipinski definition) is 5. The number of carbonyl (C=O) groups is 1. The Kier molecular flexibility index (Phi) is 5.19. The molecule has 3 aromatic rings. The van der Waals surface area contributed by atoms with E-state index in [2.05, 4.69) is 4.99 Å². The van der Waals surface area contributed by atoms with E-state index in [0.717, 1.165) is 11.3 Å². The van der Waals surface area contributed by atoms with Gasteiger partial charge in [0.2, 0.25) is 0 Å². The smallest absolute Gasteiger partial charge is 0.286 e. The molecule has 1 heterocycles. The molecule has 0 unspecified atom stereocenters. The second-order valence-corrected chi connectivity index (χ2v) is 6.32. The van der Waals surface area contributed by atoms with Gasteiger partial charge in [0.15, 0.2) is 4.80 Å². The van der Waals surface area contributed by atoms with Crippen LogP contribution in [-0.2, 0) is 11.3 Å². The van der Waals surface area contributed by atoms with Gasteiger partial charge in [-0.05, 0) is 18.2 Å². The highest BCUT2D eigenvalue weighted by atomic mass is 32.1. The second-order valence-electron chi connectivity index (χ2n) is 5.31. The molecule has 0 bridgehead atoms. The number of fused-ring (bicyclic) bond motifs is 1. The Morgan fingerprint density at radius 1 is 1.31 bits per heavy atom. The van der Waals surface area contributed by atoms with Crippen LogP contribution in [0.3, 0.4) is 0 Å². The third-order valence-corrected chi connectivity index (χ3v) is 4.74. The molecule has 9 heteroatoms. The van der Waals surface area contributed by atoms with Crippen LogP contribution >= 0.6 is 11.3 Å². The number of amides is 1. The third-order valence-electron chi connectivity index (χ3n) is 3.70. The Labute approximate surface area is 151 Å². The van der Waals surface area contributed by atoms with Gasteiger partial charge in [0.1, 0.15) is 11.4 Å². The molecule has 134 valence electrons. The minimum Gasteiger partial charge on any atom is -0.383 e. The van der Waals surface area contributed by atoms with Crippen molar-refractivity contribution in [1.29, 1.82) is 0 Å². The summed E-state index contributed by atoms with van der Waals surface area (Å²) < 4.78 is 21.5. The van der Waals surface area contributed by atoms with Crippen LogP contribution in [-0.4, -0.2) is 29.1 Å². The number of halogens is 1. The number of nitro groups is 1. The van der Waals surface area contributed by atoms with Crippen LogP contribution in [0.5, 0.6) is 0 Å². The second kappa shape index (κ2) is 7.54. The van der Waals surface area contributed by atoms with Crippen molar-refractivity contribution in [1.82, 2.24) is 4.57 Å². The van der Waals surface area contributed by atoms with Gasteiger partial charge in [0.25, 0.3) is 11.6 Å². The van der Waals surface area contributed by atoms with Crippen molar-refractivity contribution in [2.75, 3.05) is 13.7 Å². The molecule has 26 heavy (non-hydrogen) atoms. The quantitative estimate of drug-likeness (QED) is 0.506. The van der Waals surface area contributed by atoms with Gasteiger partial charge in [-0.3, -0.25) is 14.9 Å². The number of aromatic nitrogens is 1. The number of methoxy groups -OCH3 is 1. The van der Waals surface area contributed by atoms with E-state index >= 15 is 0 Å². The summed E-state index contributed by atoms with van der Waals surface area (Å²) in [5, 5.41) is 11.1. The fourth-order valence-electron chi connectivity index (χ4n) is 2.52. The first-order valence-electron chi connectivity index (χ1n) is 7.62. The van der Waals surface area contributed by atoms with E-state index in [1.807, 2.05) is 0 Å². The van der Waals surface area contributed by atoms with Crippen LogP contribution in [0.25, 0.3) is 10.2 Å². The molecule has 0 radical (unpaired) electrons. The number of carbonyl (C=O) groups excluding carboxylic acids is 1. The number of para-hydroxylation sites is 2. The monoisotopic (exact) mass is 375 g/mol. The van der Waals surface area contributed by atoms with E-state index < -0.39 is 16.6 Å². The Balaban J connectivity index is 2.17. The number of ether oxygens (including phenoxy) is 1. The van der Waals surface area contributed by atoms with Crippen LogP contribution in [0.1, 0.15) is 10.4 Å². The fourth-order valence-corrected chi connectivity index (χ4v) is 3.59. The van der Waals surface area contributed by atoms with E-state index in [1.54, 1.807) is 16.7 Å². The molecule has 0 aliphatic heterocycles. The molecule has 0 aliphatic rings. The Hall–Kier alpha value is -2.91. The summed E-state index contributed by atoms with van der Waals surface area (Å²) >= 11 is 1.14. The van der Waals surface area contributed by atoms with Crippen molar-refractivity contribution >= 4 is 33.1 Å². The number of benzene rings is 2. The zero-order chi connectivity index (χ0) is 18.7. The molecule has 0 fully saturated rings. The van der Waals surface area contributed by atoms with Crippen molar-refractivity contribution in [3.63, 3.8) is 0 Å². The first-order valence-corrected chi connectivity index (χ1v) is 8.44. The molecule has 0 aliphatic carbocycles. The molecule has 7 nitrogen and oxygen atoms in total. The summed E-state index contributed by atoms with van der Waals surface area (Å²) in [4.78, 5) is 27.3. The Bertz CT molecular complexity index is 1060. The number of nitro benzene ring substituents is 1. The molecule has 0 atom stereocenters. The molecule has 2 aromatic carbocycles. The lowest BCUT2D eigenvalue weighted by Gasteiger charge is -2.05. The minimum atomic E-state index is -0.754. The van der Waals surface area contributed by atoms with Crippen LogP contribution < -0.4 is 4.80 Å². The van der Waals surface area contributed by atoms with Gasteiger partial charge < -0.3 is 9.30 Å². The highest BCUT2D eigenvalue weighted by Crippen LogP contribution is 2.21. The topological polar surface area (TPSA) is 86.7 Å². The maximum absolute atomic E-state index is 14.2. The number of nitrogens with zero attached hydrogens (tertiary/aromatic N) is 3. The first-order chi connectivity index (χ1) is 12.5. The highest BCUT2D eigenvalue weighted by molar-refractivity contribution is 7.16. The predicted octanol–water partition coefficient (Wildman–Crippen LogP) is 3.14. The highest BCUT2D eigenvalue weighted by Gasteiger charge is 2.19. The van der Waals surface area contributed by atoms with Crippen molar-refractivity contribution in [2.24, 2.45) is 4.99 Å². The summed E-state index contributed by atoms with van der Waals surface area (Å²) in [6.07, 6.45) is 0. The van der Waals surface area contributed by atoms with Gasteiger partial charge in [0.05, 0.1) is 21.7 Å². The number of hydrogen-bond donors (Lipinski definition) is 0. The summed E-state index contributed by atoms with van der Waals surface area (Å²) in [6, 6.07) is 10.2. The van der Waals surface area contributed by atoms with Crippen LogP contribution in [0, 0.1) is 15.9 Å². The predicted molar refractivity (Wildman–Crippen MR) is 94.6 cm³/mol. The largest absolute Gasteiger partial charge is 0.383 e. The van der Waals surface area contributed by atoms with E-state index in [0.29, 0.717) is 23.4 Å². The summed E-state index contributed by atoms with van der Waals surface area (Å²) in [7, 11) is 1.51. The average molecular weight is 375 g/mol. The molecule has 1 aromatic heterocycles. The van der Waals surface area contributed by atoms with E-state index in [-0.39, 0.29) is 16.1 Å². The fraction of sp³-hybridized carbons (Fsp3) is 0.176. The minimum absolute atomic E-state index is 0.117. The normalized spacial score (nSPS) is 11.8. The molecule has 0 spiro atoms. The van der Waals surface area contributed by atoms with Crippen LogP contribution in [0.15, 0.2) is 47.5 Å². The lowest BCUT2D eigenvalue weighted by atomic mass is 10.2. The van der Waals surface area contributed by atoms with E-state index in [4.69, 9.17) is 4.74 Å². The van der Waals surface area contributed by atoms with Gasteiger partial charge in [-0.15, -0.1) is 0 Å². The number of rotatable bonds is 5.